The summed E-state index contributed by atoms with van der Waals surface area (Å²) in [5, 5.41) is 4.81. The molecule has 0 spiro atoms. The fourth-order valence-corrected chi connectivity index (χ4v) is 3.72. The molecule has 0 atom stereocenters. The first-order chi connectivity index (χ1) is 14.2. The third-order valence-corrected chi connectivity index (χ3v) is 5.15. The zero-order valence-corrected chi connectivity index (χ0v) is 15.9. The summed E-state index contributed by atoms with van der Waals surface area (Å²) in [6, 6.07) is 23.5. The van der Waals surface area contributed by atoms with E-state index in [4.69, 9.17) is 4.42 Å². The lowest BCUT2D eigenvalue weighted by Gasteiger charge is -2.07. The van der Waals surface area contributed by atoms with Gasteiger partial charge in [-0.1, -0.05) is 48.5 Å². The van der Waals surface area contributed by atoms with Crippen molar-refractivity contribution in [3.05, 3.63) is 94.9 Å². The van der Waals surface area contributed by atoms with E-state index in [1.165, 1.54) is 0 Å². The van der Waals surface area contributed by atoms with Crippen molar-refractivity contribution in [3.8, 4) is 11.3 Å². The molecule has 5 nitrogen and oxygen atoms in total. The SMILES string of the molecule is Cn1c(=O)c2c(-c3ccccn3)c(NCc3ccccc3)oc2c2ccccc21. The zero-order valence-electron chi connectivity index (χ0n) is 15.9. The molecule has 29 heavy (non-hydrogen) atoms. The summed E-state index contributed by atoms with van der Waals surface area (Å²) in [6.45, 7) is 0.582. The van der Waals surface area contributed by atoms with Gasteiger partial charge < -0.3 is 14.3 Å². The summed E-state index contributed by atoms with van der Waals surface area (Å²) in [5.41, 5.74) is 3.84. The Morgan fingerprint density at radius 3 is 2.52 bits per heavy atom. The lowest BCUT2D eigenvalue weighted by molar-refractivity contribution is 0.629. The minimum Gasteiger partial charge on any atom is -0.439 e. The van der Waals surface area contributed by atoms with Crippen molar-refractivity contribution in [2.75, 3.05) is 5.32 Å². The molecular weight excluding hydrogens is 362 g/mol. The van der Waals surface area contributed by atoms with Gasteiger partial charge in [0.1, 0.15) is 0 Å². The molecule has 3 aromatic heterocycles. The first-order valence-corrected chi connectivity index (χ1v) is 9.47. The molecule has 0 aliphatic carbocycles. The normalized spacial score (nSPS) is 11.2. The van der Waals surface area contributed by atoms with Gasteiger partial charge in [0, 0.05) is 25.2 Å². The van der Waals surface area contributed by atoms with Gasteiger partial charge in [-0.25, -0.2) is 0 Å². The van der Waals surface area contributed by atoms with E-state index in [-0.39, 0.29) is 5.56 Å². The zero-order chi connectivity index (χ0) is 19.8. The van der Waals surface area contributed by atoms with Crippen molar-refractivity contribution in [2.45, 2.75) is 6.54 Å². The van der Waals surface area contributed by atoms with Crippen molar-refractivity contribution in [1.82, 2.24) is 9.55 Å². The number of aromatic nitrogens is 2. The van der Waals surface area contributed by atoms with E-state index in [0.717, 1.165) is 16.5 Å². The summed E-state index contributed by atoms with van der Waals surface area (Å²) >= 11 is 0. The molecule has 0 amide bonds. The number of benzene rings is 2. The van der Waals surface area contributed by atoms with E-state index >= 15 is 0 Å². The summed E-state index contributed by atoms with van der Waals surface area (Å²) < 4.78 is 7.93. The van der Waals surface area contributed by atoms with Crippen LogP contribution in [0.15, 0.2) is 88.2 Å². The molecule has 0 aliphatic rings. The van der Waals surface area contributed by atoms with Gasteiger partial charge in [-0.2, -0.15) is 0 Å². The van der Waals surface area contributed by atoms with E-state index in [1.807, 2.05) is 72.8 Å². The van der Waals surface area contributed by atoms with Gasteiger partial charge in [-0.05, 0) is 29.8 Å². The van der Waals surface area contributed by atoms with Crippen LogP contribution >= 0.6 is 0 Å². The maximum absolute atomic E-state index is 13.3. The molecule has 2 aromatic carbocycles. The molecule has 0 saturated carbocycles. The number of hydrogen-bond donors (Lipinski definition) is 1. The summed E-state index contributed by atoms with van der Waals surface area (Å²) in [6.07, 6.45) is 1.72. The topological polar surface area (TPSA) is 60.1 Å². The van der Waals surface area contributed by atoms with Gasteiger partial charge in [0.2, 0.25) is 5.88 Å². The highest BCUT2D eigenvalue weighted by atomic mass is 16.4. The van der Waals surface area contributed by atoms with Crippen LogP contribution in [0.3, 0.4) is 0 Å². The van der Waals surface area contributed by atoms with Crippen LogP contribution in [0.5, 0.6) is 0 Å². The Balaban J connectivity index is 1.78. The monoisotopic (exact) mass is 381 g/mol. The molecule has 0 unspecified atom stereocenters. The molecule has 0 radical (unpaired) electrons. The third-order valence-electron chi connectivity index (χ3n) is 5.15. The van der Waals surface area contributed by atoms with Gasteiger partial charge in [0.05, 0.1) is 22.2 Å². The quantitative estimate of drug-likeness (QED) is 0.478. The molecule has 0 saturated heterocycles. The average Bonchev–Trinajstić information content (AvgIpc) is 3.17. The lowest BCUT2D eigenvalue weighted by atomic mass is 10.1. The van der Waals surface area contributed by atoms with Gasteiger partial charge in [0.15, 0.2) is 5.58 Å². The van der Waals surface area contributed by atoms with Crippen LogP contribution in [0, 0.1) is 0 Å². The van der Waals surface area contributed by atoms with Crippen LogP contribution in [-0.4, -0.2) is 9.55 Å². The van der Waals surface area contributed by atoms with Gasteiger partial charge in [0.25, 0.3) is 5.56 Å². The number of furan rings is 1. The second kappa shape index (κ2) is 6.95. The lowest BCUT2D eigenvalue weighted by Crippen LogP contribution is -2.17. The van der Waals surface area contributed by atoms with Crippen molar-refractivity contribution >= 4 is 27.8 Å². The maximum Gasteiger partial charge on any atom is 0.262 e. The number of pyridine rings is 2. The van der Waals surface area contributed by atoms with E-state index in [1.54, 1.807) is 17.8 Å². The van der Waals surface area contributed by atoms with Crippen LogP contribution in [-0.2, 0) is 13.6 Å². The fourth-order valence-electron chi connectivity index (χ4n) is 3.72. The van der Waals surface area contributed by atoms with Crippen LogP contribution in [0.4, 0.5) is 5.88 Å². The number of anilines is 1. The fraction of sp³-hybridized carbons (Fsp3) is 0.0833. The predicted octanol–water partition coefficient (Wildman–Crippen LogP) is 4.96. The number of fused-ring (bicyclic) bond motifs is 3. The molecular formula is C24H19N3O2. The maximum atomic E-state index is 13.3. The Hall–Kier alpha value is -3.86. The van der Waals surface area contributed by atoms with Crippen molar-refractivity contribution in [3.63, 3.8) is 0 Å². The van der Waals surface area contributed by atoms with Crippen molar-refractivity contribution in [2.24, 2.45) is 7.05 Å². The van der Waals surface area contributed by atoms with Crippen LogP contribution in [0.1, 0.15) is 5.56 Å². The Morgan fingerprint density at radius 1 is 0.966 bits per heavy atom. The van der Waals surface area contributed by atoms with Crippen LogP contribution < -0.4 is 10.9 Å². The number of para-hydroxylation sites is 1. The predicted molar refractivity (Wildman–Crippen MR) is 116 cm³/mol. The van der Waals surface area contributed by atoms with Crippen molar-refractivity contribution < 1.29 is 4.42 Å². The standard InChI is InChI=1S/C24H19N3O2/c1-27-19-13-6-5-11-17(19)22-21(24(27)28)20(18-12-7-8-14-25-18)23(29-22)26-15-16-9-3-2-4-10-16/h2-14,26H,15H2,1H3. The molecule has 5 rings (SSSR count). The molecule has 5 heteroatoms. The average molecular weight is 381 g/mol. The molecule has 0 aliphatic heterocycles. The number of nitrogens with one attached hydrogen (secondary N) is 1. The molecule has 3 heterocycles. The number of nitrogens with zero attached hydrogens (tertiary/aromatic N) is 2. The summed E-state index contributed by atoms with van der Waals surface area (Å²) in [4.78, 5) is 17.8. The smallest absolute Gasteiger partial charge is 0.262 e. The first-order valence-electron chi connectivity index (χ1n) is 9.47. The van der Waals surface area contributed by atoms with Crippen LogP contribution in [0.25, 0.3) is 33.1 Å². The second-order valence-electron chi connectivity index (χ2n) is 6.95. The van der Waals surface area contributed by atoms with Crippen molar-refractivity contribution in [1.29, 1.82) is 0 Å². The summed E-state index contributed by atoms with van der Waals surface area (Å²) in [5.74, 6) is 0.552. The number of aryl methyl sites for hydroxylation is 1. The minimum absolute atomic E-state index is 0.101. The highest BCUT2D eigenvalue weighted by Crippen LogP contribution is 2.38. The summed E-state index contributed by atoms with van der Waals surface area (Å²) in [7, 11) is 1.79. The molecule has 0 fully saturated rings. The Morgan fingerprint density at radius 2 is 1.72 bits per heavy atom. The Kier molecular flexibility index (Phi) is 4.13. The molecule has 5 aromatic rings. The van der Waals surface area contributed by atoms with Gasteiger partial charge in [-0.3, -0.25) is 9.78 Å². The van der Waals surface area contributed by atoms with E-state index < -0.39 is 0 Å². The van der Waals surface area contributed by atoms with Gasteiger partial charge in [-0.15, -0.1) is 0 Å². The molecule has 142 valence electrons. The van der Waals surface area contributed by atoms with E-state index in [2.05, 4.69) is 10.3 Å². The minimum atomic E-state index is -0.101. The Bertz CT molecular complexity index is 1370. The van der Waals surface area contributed by atoms with Gasteiger partial charge >= 0.3 is 0 Å². The Labute approximate surface area is 167 Å². The highest BCUT2D eigenvalue weighted by Gasteiger charge is 2.23. The highest BCUT2D eigenvalue weighted by molar-refractivity contribution is 6.10. The third kappa shape index (κ3) is 2.88. The van der Waals surface area contributed by atoms with E-state index in [9.17, 15) is 4.79 Å². The molecule has 0 bridgehead atoms. The first kappa shape index (κ1) is 17.3. The number of rotatable bonds is 4. The van der Waals surface area contributed by atoms with E-state index in [0.29, 0.717) is 34.7 Å². The van der Waals surface area contributed by atoms with Crippen LogP contribution in [0.2, 0.25) is 0 Å². The molecule has 1 N–H and O–H groups in total. The second-order valence-corrected chi connectivity index (χ2v) is 6.95. The largest absolute Gasteiger partial charge is 0.439 e. The number of hydrogen-bond acceptors (Lipinski definition) is 4.